The summed E-state index contributed by atoms with van der Waals surface area (Å²) in [5.41, 5.74) is 5.39. The maximum absolute atomic E-state index is 12.8. The van der Waals surface area contributed by atoms with Crippen LogP contribution in [0.3, 0.4) is 0 Å². The summed E-state index contributed by atoms with van der Waals surface area (Å²) in [6, 6.07) is -0.855. The summed E-state index contributed by atoms with van der Waals surface area (Å²) in [6.07, 6.45) is 55.7. The highest BCUT2D eigenvalue weighted by atomic mass is 31.2. The van der Waals surface area contributed by atoms with E-state index >= 15 is 0 Å². The predicted molar refractivity (Wildman–Crippen MR) is 259 cm³/mol. The van der Waals surface area contributed by atoms with Gasteiger partial charge in [-0.1, -0.05) is 264 Å². The summed E-state index contributed by atoms with van der Waals surface area (Å²) >= 11 is 0. The molecule has 0 aromatic rings. The number of unbranched alkanes of at least 4 members (excludes halogenated alkanes) is 38. The van der Waals surface area contributed by atoms with Crippen LogP contribution < -0.4 is 11.1 Å². The Bertz CT molecular complexity index is 953. The molecule has 0 fully saturated rings. The maximum Gasteiger partial charge on any atom is 0.472 e. The van der Waals surface area contributed by atoms with E-state index < -0.39 is 20.0 Å². The highest BCUT2D eigenvalue weighted by Gasteiger charge is 2.26. The fraction of sp³-hybridized carbons (Fsp3) is 0.941. The fourth-order valence-corrected chi connectivity index (χ4v) is 8.90. The number of amides is 1. The Hall–Kier alpha value is -0.760. The number of hydrogen-bond donors (Lipinski definition) is 4. The SMILES string of the molecule is CCCCCCCCCCCCCC/C=C/[C@@H](O)[C@H](COP(=O)(O)OCCN)NC(=O)CCCCCCCCCCCCCCCCCCCCCCCCCCCCC. The van der Waals surface area contributed by atoms with Crippen LogP contribution in [0.2, 0.25) is 0 Å². The van der Waals surface area contributed by atoms with E-state index in [1.54, 1.807) is 6.08 Å². The average Bonchev–Trinajstić information content (AvgIpc) is 3.24. The third kappa shape index (κ3) is 45.3. The van der Waals surface area contributed by atoms with E-state index in [1.807, 2.05) is 6.08 Å². The van der Waals surface area contributed by atoms with Crippen molar-refractivity contribution in [3.8, 4) is 0 Å². The first-order chi connectivity index (χ1) is 29.4. The van der Waals surface area contributed by atoms with E-state index in [0.717, 1.165) is 38.5 Å². The number of allylic oxidation sites excluding steroid dienone is 1. The highest BCUT2D eigenvalue weighted by Crippen LogP contribution is 2.43. The van der Waals surface area contributed by atoms with Crippen molar-refractivity contribution in [1.82, 2.24) is 5.32 Å². The van der Waals surface area contributed by atoms with Gasteiger partial charge in [0, 0.05) is 13.0 Å². The molecule has 1 unspecified atom stereocenters. The molecule has 3 atom stereocenters. The molecule has 0 saturated carbocycles. The van der Waals surface area contributed by atoms with Crippen LogP contribution in [0.25, 0.3) is 0 Å². The summed E-state index contributed by atoms with van der Waals surface area (Å²) in [6.45, 7) is 4.18. The molecular weight excluding hydrogens is 768 g/mol. The Morgan fingerprint density at radius 2 is 0.850 bits per heavy atom. The van der Waals surface area contributed by atoms with E-state index in [9.17, 15) is 19.4 Å². The van der Waals surface area contributed by atoms with Gasteiger partial charge >= 0.3 is 7.82 Å². The molecular formula is C51H103N2O6P. The molecule has 5 N–H and O–H groups in total. The summed E-state index contributed by atoms with van der Waals surface area (Å²) in [4.78, 5) is 22.8. The molecule has 0 aliphatic heterocycles. The first-order valence-corrected chi connectivity index (χ1v) is 27.8. The van der Waals surface area contributed by atoms with E-state index in [-0.39, 0.29) is 25.7 Å². The second kappa shape index (κ2) is 47.7. The average molecular weight is 871 g/mol. The van der Waals surface area contributed by atoms with Crippen LogP contribution in [0.15, 0.2) is 12.2 Å². The van der Waals surface area contributed by atoms with Crippen molar-refractivity contribution < 1.29 is 28.4 Å². The van der Waals surface area contributed by atoms with Gasteiger partial charge < -0.3 is 21.1 Å². The van der Waals surface area contributed by atoms with Crippen molar-refractivity contribution in [2.75, 3.05) is 19.8 Å². The van der Waals surface area contributed by atoms with Gasteiger partial charge in [0.1, 0.15) is 0 Å². The summed E-state index contributed by atoms with van der Waals surface area (Å²) in [5, 5.41) is 13.7. The Labute approximate surface area is 373 Å². The van der Waals surface area contributed by atoms with Crippen molar-refractivity contribution in [1.29, 1.82) is 0 Å². The van der Waals surface area contributed by atoms with Gasteiger partial charge in [-0.15, -0.1) is 0 Å². The van der Waals surface area contributed by atoms with E-state index in [4.69, 9.17) is 14.8 Å². The summed E-state index contributed by atoms with van der Waals surface area (Å²) in [7, 11) is -4.34. The minimum Gasteiger partial charge on any atom is -0.387 e. The Morgan fingerprint density at radius 3 is 1.18 bits per heavy atom. The quantitative estimate of drug-likeness (QED) is 0.0272. The lowest BCUT2D eigenvalue weighted by Gasteiger charge is -2.23. The van der Waals surface area contributed by atoms with Crippen molar-refractivity contribution in [3.05, 3.63) is 12.2 Å². The molecule has 0 radical (unpaired) electrons. The number of nitrogens with one attached hydrogen (secondary N) is 1. The normalized spacial score (nSPS) is 13.9. The number of rotatable bonds is 50. The van der Waals surface area contributed by atoms with Gasteiger partial charge in [0.15, 0.2) is 0 Å². The smallest absolute Gasteiger partial charge is 0.387 e. The predicted octanol–water partition coefficient (Wildman–Crippen LogP) is 15.5. The molecule has 0 aliphatic rings. The maximum atomic E-state index is 12.8. The topological polar surface area (TPSA) is 131 Å². The lowest BCUT2D eigenvalue weighted by molar-refractivity contribution is -0.123. The number of aliphatic hydroxyl groups is 1. The number of carbonyl (C=O) groups excluding carboxylic acids is 1. The van der Waals surface area contributed by atoms with Gasteiger partial charge in [-0.3, -0.25) is 13.8 Å². The van der Waals surface area contributed by atoms with Gasteiger partial charge in [-0.05, 0) is 19.3 Å². The van der Waals surface area contributed by atoms with Crippen LogP contribution in [0.5, 0.6) is 0 Å². The van der Waals surface area contributed by atoms with Gasteiger partial charge in [-0.2, -0.15) is 0 Å². The van der Waals surface area contributed by atoms with Crippen molar-refractivity contribution >= 4 is 13.7 Å². The molecule has 1 amide bonds. The molecule has 0 heterocycles. The Kier molecular flexibility index (Phi) is 47.1. The number of hydrogen-bond acceptors (Lipinski definition) is 6. The number of nitrogens with two attached hydrogens (primary N) is 1. The highest BCUT2D eigenvalue weighted by molar-refractivity contribution is 7.47. The lowest BCUT2D eigenvalue weighted by Crippen LogP contribution is -2.45. The van der Waals surface area contributed by atoms with Crippen LogP contribution in [0.1, 0.15) is 277 Å². The van der Waals surface area contributed by atoms with Gasteiger partial charge in [0.25, 0.3) is 0 Å². The molecule has 0 aromatic carbocycles. The van der Waals surface area contributed by atoms with Crippen LogP contribution in [0, 0.1) is 0 Å². The van der Waals surface area contributed by atoms with E-state index in [0.29, 0.717) is 6.42 Å². The largest absolute Gasteiger partial charge is 0.472 e. The monoisotopic (exact) mass is 871 g/mol. The summed E-state index contributed by atoms with van der Waals surface area (Å²) < 4.78 is 22.2. The number of carbonyl (C=O) groups is 1. The molecule has 0 aliphatic carbocycles. The van der Waals surface area contributed by atoms with Crippen LogP contribution in [-0.2, 0) is 18.4 Å². The zero-order valence-corrected chi connectivity index (χ0v) is 40.9. The van der Waals surface area contributed by atoms with Crippen LogP contribution in [-0.4, -0.2) is 47.8 Å². The molecule has 60 heavy (non-hydrogen) atoms. The Balaban J connectivity index is 3.93. The molecule has 9 heteroatoms. The number of aliphatic hydroxyl groups excluding tert-OH is 1. The zero-order chi connectivity index (χ0) is 43.9. The molecule has 0 spiro atoms. The third-order valence-electron chi connectivity index (χ3n) is 12.1. The Morgan fingerprint density at radius 1 is 0.533 bits per heavy atom. The van der Waals surface area contributed by atoms with Gasteiger partial charge in [0.2, 0.25) is 5.91 Å². The standard InChI is InChI=1S/C51H103N2O6P/c1-3-5-7-9-11-13-15-17-19-20-21-22-23-24-25-26-27-28-29-30-31-33-35-37-39-41-43-45-51(55)53-49(48-59-60(56,57)58-47-46-52)50(54)44-42-40-38-36-34-32-18-16-14-12-10-8-6-4-2/h42,44,49-50,54H,3-41,43,45-48,52H2,1-2H3,(H,53,55)(H,56,57)/b44-42+/t49-,50+/m0/s1. The van der Waals surface area contributed by atoms with Crippen molar-refractivity contribution in [3.63, 3.8) is 0 Å². The van der Waals surface area contributed by atoms with Crippen molar-refractivity contribution in [2.24, 2.45) is 5.73 Å². The minimum absolute atomic E-state index is 0.0816. The fourth-order valence-electron chi connectivity index (χ4n) is 8.14. The second-order valence-electron chi connectivity index (χ2n) is 18.1. The number of phosphoric acid groups is 1. The minimum atomic E-state index is -4.34. The molecule has 358 valence electrons. The third-order valence-corrected chi connectivity index (χ3v) is 13.1. The van der Waals surface area contributed by atoms with Crippen molar-refractivity contribution in [2.45, 2.75) is 289 Å². The van der Waals surface area contributed by atoms with Gasteiger partial charge in [0.05, 0.1) is 25.4 Å². The number of phosphoric ester groups is 1. The zero-order valence-electron chi connectivity index (χ0n) is 40.0. The first kappa shape index (κ1) is 59.2. The summed E-state index contributed by atoms with van der Waals surface area (Å²) in [5.74, 6) is -0.188. The lowest BCUT2D eigenvalue weighted by atomic mass is 10.0. The molecule has 0 saturated heterocycles. The second-order valence-corrected chi connectivity index (χ2v) is 19.6. The molecule has 8 nitrogen and oxygen atoms in total. The van der Waals surface area contributed by atoms with Crippen LogP contribution in [0.4, 0.5) is 0 Å². The first-order valence-electron chi connectivity index (χ1n) is 26.3. The molecule has 0 aromatic heterocycles. The van der Waals surface area contributed by atoms with Crippen LogP contribution >= 0.6 is 7.82 Å². The molecule has 0 rings (SSSR count). The molecule has 0 bridgehead atoms. The van der Waals surface area contributed by atoms with E-state index in [1.165, 1.54) is 218 Å². The van der Waals surface area contributed by atoms with Gasteiger partial charge in [-0.25, -0.2) is 4.57 Å². The van der Waals surface area contributed by atoms with E-state index in [2.05, 4.69) is 19.2 Å².